The van der Waals surface area contributed by atoms with E-state index in [1.165, 1.54) is 99.5 Å². The molecule has 11 aromatic rings. The van der Waals surface area contributed by atoms with E-state index in [1.807, 2.05) is 0 Å². The van der Waals surface area contributed by atoms with E-state index in [9.17, 15) is 0 Å². The van der Waals surface area contributed by atoms with Gasteiger partial charge < -0.3 is 4.57 Å². The molecular formula is C58H35BN2. The lowest BCUT2D eigenvalue weighted by Gasteiger charge is -2.42. The monoisotopic (exact) mass is 770 g/mol. The van der Waals surface area contributed by atoms with Gasteiger partial charge in [0.1, 0.15) is 0 Å². The molecule has 3 aliphatic rings. The van der Waals surface area contributed by atoms with Crippen molar-refractivity contribution in [3.63, 3.8) is 0 Å². The molecule has 9 aromatic carbocycles. The molecule has 3 heteroatoms. The summed E-state index contributed by atoms with van der Waals surface area (Å²) in [5, 5.41) is 3.71. The highest BCUT2D eigenvalue weighted by molar-refractivity contribution is 7.00. The molecule has 0 N–H and O–H groups in total. The third kappa shape index (κ3) is 4.35. The minimum Gasteiger partial charge on any atom is -0.309 e. The number of fused-ring (bicyclic) bond motifs is 16. The number of para-hydroxylation sites is 3. The van der Waals surface area contributed by atoms with Crippen LogP contribution in [-0.2, 0) is 5.41 Å². The van der Waals surface area contributed by atoms with Crippen LogP contribution in [0.3, 0.4) is 0 Å². The normalized spacial score (nSPS) is 15.2. The van der Waals surface area contributed by atoms with Crippen molar-refractivity contribution in [2.75, 3.05) is 0 Å². The number of hydrogen-bond donors (Lipinski definition) is 0. The summed E-state index contributed by atoms with van der Waals surface area (Å²) in [4.78, 5) is 5.18. The lowest BCUT2D eigenvalue weighted by Crippen LogP contribution is -2.59. The second kappa shape index (κ2) is 12.2. The molecule has 4 heterocycles. The van der Waals surface area contributed by atoms with Crippen molar-refractivity contribution in [2.24, 2.45) is 0 Å². The van der Waals surface area contributed by atoms with Crippen LogP contribution in [0.25, 0.3) is 83.0 Å². The molecule has 2 aliphatic heterocycles. The molecule has 1 aliphatic carbocycles. The van der Waals surface area contributed by atoms with Crippen molar-refractivity contribution in [2.45, 2.75) is 5.41 Å². The molecule has 1 atom stereocenters. The Hall–Kier alpha value is -7.75. The Morgan fingerprint density at radius 3 is 1.89 bits per heavy atom. The van der Waals surface area contributed by atoms with Crippen LogP contribution in [0, 0.1) is 0 Å². The first-order chi connectivity index (χ1) is 30.3. The fourth-order valence-corrected chi connectivity index (χ4v) is 11.6. The highest BCUT2D eigenvalue weighted by atomic mass is 15.0. The molecule has 0 saturated carbocycles. The van der Waals surface area contributed by atoms with E-state index < -0.39 is 5.41 Å². The summed E-state index contributed by atoms with van der Waals surface area (Å²) in [5.74, 6) is 0. The number of hydrogen-bond acceptors (Lipinski definition) is 1. The predicted octanol–water partition coefficient (Wildman–Crippen LogP) is 11.8. The molecule has 1 spiro atoms. The van der Waals surface area contributed by atoms with Gasteiger partial charge in [-0.3, -0.25) is 0 Å². The van der Waals surface area contributed by atoms with E-state index in [2.05, 4.69) is 217 Å². The summed E-state index contributed by atoms with van der Waals surface area (Å²) in [7, 11) is 0. The van der Waals surface area contributed by atoms with E-state index >= 15 is 0 Å². The molecule has 2 aromatic heterocycles. The Morgan fingerprint density at radius 2 is 1.03 bits per heavy atom. The van der Waals surface area contributed by atoms with Crippen LogP contribution < -0.4 is 16.4 Å². The number of pyridine rings is 1. The first-order valence-corrected chi connectivity index (χ1v) is 21.3. The molecule has 0 bridgehead atoms. The fraction of sp³-hybridized carbons (Fsp3) is 0.0172. The lowest BCUT2D eigenvalue weighted by atomic mass is 9.32. The van der Waals surface area contributed by atoms with Crippen LogP contribution in [0.5, 0.6) is 0 Å². The summed E-state index contributed by atoms with van der Waals surface area (Å²) in [6, 6.07) is 79.1. The van der Waals surface area contributed by atoms with Crippen LogP contribution in [0.1, 0.15) is 22.3 Å². The highest BCUT2D eigenvalue weighted by Crippen LogP contribution is 2.57. The summed E-state index contributed by atoms with van der Waals surface area (Å²) in [5.41, 5.74) is 23.7. The van der Waals surface area contributed by atoms with E-state index in [-0.39, 0.29) is 6.71 Å². The van der Waals surface area contributed by atoms with E-state index in [0.717, 1.165) is 22.2 Å². The Labute approximate surface area is 354 Å². The van der Waals surface area contributed by atoms with E-state index in [1.54, 1.807) is 0 Å². The minimum atomic E-state index is -0.481. The average molecular weight is 771 g/mol. The van der Waals surface area contributed by atoms with Crippen molar-refractivity contribution in [3.05, 3.63) is 235 Å². The maximum atomic E-state index is 5.18. The Balaban J connectivity index is 0.937. The van der Waals surface area contributed by atoms with Crippen molar-refractivity contribution < 1.29 is 0 Å². The van der Waals surface area contributed by atoms with Gasteiger partial charge in [-0.1, -0.05) is 186 Å². The van der Waals surface area contributed by atoms with Gasteiger partial charge in [0.05, 0.1) is 27.7 Å². The second-order valence-corrected chi connectivity index (χ2v) is 17.0. The van der Waals surface area contributed by atoms with Gasteiger partial charge in [0, 0.05) is 27.4 Å². The topological polar surface area (TPSA) is 17.8 Å². The van der Waals surface area contributed by atoms with Gasteiger partial charge in [-0.05, 0) is 98.1 Å². The minimum absolute atomic E-state index is 0.126. The van der Waals surface area contributed by atoms with Gasteiger partial charge >= 0.3 is 0 Å². The number of benzene rings is 9. The number of nitrogens with zero attached hydrogens (tertiary/aromatic N) is 2. The van der Waals surface area contributed by atoms with Crippen molar-refractivity contribution >= 4 is 55.8 Å². The summed E-state index contributed by atoms with van der Waals surface area (Å²) < 4.78 is 2.39. The molecule has 1 unspecified atom stereocenters. The van der Waals surface area contributed by atoms with Crippen LogP contribution in [0.4, 0.5) is 0 Å². The fourth-order valence-electron chi connectivity index (χ4n) is 11.6. The Morgan fingerprint density at radius 1 is 0.393 bits per heavy atom. The van der Waals surface area contributed by atoms with Gasteiger partial charge in [-0.15, -0.1) is 0 Å². The van der Waals surface area contributed by atoms with Crippen molar-refractivity contribution in [1.82, 2.24) is 9.55 Å². The maximum Gasteiger partial charge on any atom is 0.243 e. The van der Waals surface area contributed by atoms with E-state index in [4.69, 9.17) is 4.98 Å². The van der Waals surface area contributed by atoms with Crippen molar-refractivity contribution in [1.29, 1.82) is 0 Å². The standard InChI is InChI=1S/C58H35BN2/c1-8-21-53-37(12-1)28-33-54(60-53)39-27-31-42-41-13-2-5-17-47(41)58(50(42)34-39)48-18-6-7-20-51(48)59-52-35-38(26-32-43(52)46-16-11-19-49(58)57(46)59)36-24-29-40(30-25-36)61-55-22-9-3-14-44(55)45-15-4-10-23-56(45)61/h1-35H. The third-order valence-electron chi connectivity index (χ3n) is 14.1. The predicted molar refractivity (Wildman–Crippen MR) is 254 cm³/mol. The molecule has 280 valence electrons. The van der Waals surface area contributed by atoms with Crippen molar-refractivity contribution in [3.8, 4) is 50.3 Å². The number of aromatic nitrogens is 2. The first-order valence-electron chi connectivity index (χ1n) is 21.3. The summed E-state index contributed by atoms with van der Waals surface area (Å²) in [6.45, 7) is 0.126. The zero-order valence-corrected chi connectivity index (χ0v) is 33.2. The van der Waals surface area contributed by atoms with Gasteiger partial charge in [-0.25, -0.2) is 4.98 Å². The Bertz CT molecular complexity index is 3620. The van der Waals surface area contributed by atoms with Gasteiger partial charge in [-0.2, -0.15) is 0 Å². The van der Waals surface area contributed by atoms with Crippen LogP contribution in [-0.4, -0.2) is 16.3 Å². The van der Waals surface area contributed by atoms with Crippen LogP contribution in [0.15, 0.2) is 212 Å². The highest BCUT2D eigenvalue weighted by Gasteiger charge is 2.54. The quantitative estimate of drug-likeness (QED) is 0.164. The SMILES string of the molecule is c1ccc2c(c1)B1c3cc(-c4ccc(-n5c6ccccc6c6ccccc65)cc4)ccc3-c3cccc(c31)C21c2ccccc2-c2ccc(-c3ccc4ccccc4n3)cc21. The van der Waals surface area contributed by atoms with E-state index in [0.29, 0.717) is 0 Å². The van der Waals surface area contributed by atoms with Crippen LogP contribution in [0.2, 0.25) is 0 Å². The molecule has 0 fully saturated rings. The third-order valence-corrected chi connectivity index (χ3v) is 14.1. The molecule has 0 radical (unpaired) electrons. The summed E-state index contributed by atoms with van der Waals surface area (Å²) >= 11 is 0. The zero-order chi connectivity index (χ0) is 39.8. The molecule has 2 nitrogen and oxygen atoms in total. The van der Waals surface area contributed by atoms with Gasteiger partial charge in [0.15, 0.2) is 0 Å². The zero-order valence-electron chi connectivity index (χ0n) is 33.2. The number of rotatable bonds is 3. The molecule has 14 rings (SSSR count). The maximum absolute atomic E-state index is 5.18. The smallest absolute Gasteiger partial charge is 0.243 e. The Kier molecular flexibility index (Phi) is 6.60. The second-order valence-electron chi connectivity index (χ2n) is 17.0. The average Bonchev–Trinajstić information content (AvgIpc) is 3.95. The summed E-state index contributed by atoms with van der Waals surface area (Å²) in [6.07, 6.45) is 0. The first kappa shape index (κ1) is 33.1. The lowest BCUT2D eigenvalue weighted by molar-refractivity contribution is 0.776. The molecule has 0 amide bonds. The largest absolute Gasteiger partial charge is 0.309 e. The molecular weight excluding hydrogens is 735 g/mol. The van der Waals surface area contributed by atoms with Crippen LogP contribution >= 0.6 is 0 Å². The van der Waals surface area contributed by atoms with Gasteiger partial charge in [0.25, 0.3) is 0 Å². The molecule has 61 heavy (non-hydrogen) atoms. The molecule has 0 saturated heterocycles. The van der Waals surface area contributed by atoms with Gasteiger partial charge in [0.2, 0.25) is 6.71 Å².